The van der Waals surface area contributed by atoms with Gasteiger partial charge in [-0.05, 0) is 62.4 Å². The summed E-state index contributed by atoms with van der Waals surface area (Å²) in [6, 6.07) is 0. The molecule has 98 valence electrons. The standard InChI is InChI=1S/C15H16N2OS/c1-6-7(2)11-12-13(8(3)9(4)14(11)18)16-17-19-15(12)10(6)5/h18H,1-5H3. The van der Waals surface area contributed by atoms with Crippen molar-refractivity contribution >= 4 is 28.4 Å². The van der Waals surface area contributed by atoms with E-state index in [0.717, 1.165) is 38.0 Å². The third-order valence-electron chi connectivity index (χ3n) is 4.34. The number of hydrogen-bond acceptors (Lipinski definition) is 4. The Morgan fingerprint density at radius 3 is 2.16 bits per heavy atom. The lowest BCUT2D eigenvalue weighted by Gasteiger charge is -2.21. The van der Waals surface area contributed by atoms with E-state index in [1.54, 1.807) is 0 Å². The third-order valence-corrected chi connectivity index (χ3v) is 5.19. The molecule has 0 spiro atoms. The van der Waals surface area contributed by atoms with Crippen molar-refractivity contribution in [1.29, 1.82) is 0 Å². The van der Waals surface area contributed by atoms with Gasteiger partial charge in [-0.3, -0.25) is 0 Å². The smallest absolute Gasteiger partial charge is 0.127 e. The number of hydrogen-bond donors (Lipinski definition) is 1. The van der Waals surface area contributed by atoms with Gasteiger partial charge in [0.15, 0.2) is 0 Å². The molecular weight excluding hydrogens is 256 g/mol. The first kappa shape index (κ1) is 12.5. The summed E-state index contributed by atoms with van der Waals surface area (Å²) in [7, 11) is 0. The van der Waals surface area contributed by atoms with E-state index >= 15 is 0 Å². The molecule has 0 fully saturated rings. The van der Waals surface area contributed by atoms with Crippen LogP contribution in [0.1, 0.15) is 27.8 Å². The molecule has 1 aliphatic heterocycles. The third kappa shape index (κ3) is 1.46. The second kappa shape index (κ2) is 3.97. The van der Waals surface area contributed by atoms with Gasteiger partial charge in [-0.15, -0.1) is 9.63 Å². The van der Waals surface area contributed by atoms with Crippen molar-refractivity contribution in [2.24, 2.45) is 9.63 Å². The fourth-order valence-electron chi connectivity index (χ4n) is 2.72. The van der Waals surface area contributed by atoms with E-state index in [1.165, 1.54) is 23.1 Å². The first-order valence-corrected chi connectivity index (χ1v) is 7.06. The van der Waals surface area contributed by atoms with Crippen LogP contribution in [0.4, 0.5) is 5.69 Å². The average molecular weight is 272 g/mol. The highest BCUT2D eigenvalue weighted by molar-refractivity contribution is 7.98. The molecule has 1 heterocycles. The maximum atomic E-state index is 10.5. The molecule has 3 nitrogen and oxygen atoms in total. The van der Waals surface area contributed by atoms with Gasteiger partial charge in [0.05, 0.1) is 5.69 Å². The fraction of sp³-hybridized carbons (Fsp3) is 0.333. The van der Waals surface area contributed by atoms with E-state index in [9.17, 15) is 5.11 Å². The lowest BCUT2D eigenvalue weighted by atomic mass is 9.91. The molecule has 0 unspecified atom stereocenters. The minimum Gasteiger partial charge on any atom is -0.507 e. The first-order valence-electron chi connectivity index (χ1n) is 6.28. The van der Waals surface area contributed by atoms with Crippen LogP contribution in [-0.2, 0) is 0 Å². The van der Waals surface area contributed by atoms with E-state index in [4.69, 9.17) is 0 Å². The lowest BCUT2D eigenvalue weighted by molar-refractivity contribution is 0.476. The number of aryl methyl sites for hydroxylation is 1. The molecule has 0 saturated heterocycles. The van der Waals surface area contributed by atoms with Crippen molar-refractivity contribution in [3.63, 3.8) is 0 Å². The molecule has 0 aliphatic carbocycles. The minimum absolute atomic E-state index is 0.385. The Kier molecular flexibility index (Phi) is 2.61. The Labute approximate surface area is 116 Å². The van der Waals surface area contributed by atoms with E-state index < -0.39 is 0 Å². The fourth-order valence-corrected chi connectivity index (χ4v) is 3.51. The molecule has 0 aromatic heterocycles. The van der Waals surface area contributed by atoms with Crippen LogP contribution in [0.2, 0.25) is 0 Å². The van der Waals surface area contributed by atoms with E-state index in [-0.39, 0.29) is 0 Å². The summed E-state index contributed by atoms with van der Waals surface area (Å²) >= 11 is 1.40. The van der Waals surface area contributed by atoms with Crippen LogP contribution >= 0.6 is 11.9 Å². The summed E-state index contributed by atoms with van der Waals surface area (Å²) in [5, 5.41) is 16.8. The molecule has 3 rings (SSSR count). The summed E-state index contributed by atoms with van der Waals surface area (Å²) in [4.78, 5) is 1.13. The minimum atomic E-state index is 0.385. The second-order valence-electron chi connectivity index (χ2n) is 5.17. The van der Waals surface area contributed by atoms with Gasteiger partial charge in [-0.1, -0.05) is 0 Å². The quantitative estimate of drug-likeness (QED) is 0.670. The molecule has 0 bridgehead atoms. The van der Waals surface area contributed by atoms with Crippen LogP contribution in [0.15, 0.2) is 14.5 Å². The number of rotatable bonds is 0. The Morgan fingerprint density at radius 1 is 0.789 bits per heavy atom. The van der Waals surface area contributed by atoms with E-state index in [2.05, 4.69) is 30.4 Å². The molecule has 0 radical (unpaired) electrons. The topological polar surface area (TPSA) is 45.0 Å². The number of phenols is 1. The molecule has 2 aromatic rings. The van der Waals surface area contributed by atoms with E-state index in [1.807, 2.05) is 13.8 Å². The number of benzene rings is 2. The molecule has 2 aromatic carbocycles. The predicted molar refractivity (Wildman–Crippen MR) is 79.7 cm³/mol. The first-order chi connectivity index (χ1) is 8.95. The zero-order valence-corrected chi connectivity index (χ0v) is 12.6. The molecule has 0 saturated carbocycles. The van der Waals surface area contributed by atoms with Crippen molar-refractivity contribution in [1.82, 2.24) is 0 Å². The highest BCUT2D eigenvalue weighted by atomic mass is 32.2. The second-order valence-corrected chi connectivity index (χ2v) is 5.93. The average Bonchev–Trinajstić information content (AvgIpc) is 2.41. The van der Waals surface area contributed by atoms with Gasteiger partial charge in [0, 0.05) is 27.6 Å². The molecule has 0 atom stereocenters. The Morgan fingerprint density at radius 2 is 1.47 bits per heavy atom. The largest absolute Gasteiger partial charge is 0.507 e. The summed E-state index contributed by atoms with van der Waals surface area (Å²) in [6.45, 7) is 10.2. The number of nitrogens with zero attached hydrogens (tertiary/aromatic N) is 2. The summed E-state index contributed by atoms with van der Waals surface area (Å²) in [5.41, 5.74) is 6.40. The van der Waals surface area contributed by atoms with Crippen LogP contribution < -0.4 is 0 Å². The molecule has 4 heteroatoms. The zero-order valence-electron chi connectivity index (χ0n) is 11.7. The molecular formula is C15H16N2OS. The van der Waals surface area contributed by atoms with Gasteiger partial charge >= 0.3 is 0 Å². The molecule has 19 heavy (non-hydrogen) atoms. The molecule has 1 aliphatic rings. The van der Waals surface area contributed by atoms with Crippen LogP contribution in [0.25, 0.3) is 10.8 Å². The summed E-state index contributed by atoms with van der Waals surface area (Å²) in [6.07, 6.45) is 0. The van der Waals surface area contributed by atoms with Crippen molar-refractivity contribution < 1.29 is 5.11 Å². The highest BCUT2D eigenvalue weighted by Gasteiger charge is 2.24. The Bertz CT molecular complexity index is 755. The van der Waals surface area contributed by atoms with Crippen molar-refractivity contribution in [3.05, 3.63) is 27.8 Å². The zero-order chi connectivity index (χ0) is 13.9. The van der Waals surface area contributed by atoms with Gasteiger partial charge < -0.3 is 5.11 Å². The monoisotopic (exact) mass is 272 g/mol. The summed E-state index contributed by atoms with van der Waals surface area (Å²) < 4.78 is 4.17. The SMILES string of the molecule is Cc1c(C)c2c3c(c(C)c(C)c(O)c3c1C)N=NS2. The van der Waals surface area contributed by atoms with Crippen LogP contribution in [-0.4, -0.2) is 5.11 Å². The van der Waals surface area contributed by atoms with Crippen molar-refractivity contribution in [2.45, 2.75) is 39.5 Å². The summed E-state index contributed by atoms with van der Waals surface area (Å²) in [5.74, 6) is 0.385. The van der Waals surface area contributed by atoms with E-state index in [0.29, 0.717) is 5.75 Å². The van der Waals surface area contributed by atoms with Gasteiger partial charge in [0.25, 0.3) is 0 Å². The molecule has 1 N–H and O–H groups in total. The maximum absolute atomic E-state index is 10.5. The maximum Gasteiger partial charge on any atom is 0.127 e. The van der Waals surface area contributed by atoms with Crippen LogP contribution in [0, 0.1) is 34.6 Å². The Balaban J connectivity index is 2.70. The number of aromatic hydroxyl groups is 1. The van der Waals surface area contributed by atoms with Crippen LogP contribution in [0.5, 0.6) is 5.75 Å². The van der Waals surface area contributed by atoms with Crippen molar-refractivity contribution in [2.75, 3.05) is 0 Å². The highest BCUT2D eigenvalue weighted by Crippen LogP contribution is 2.50. The normalized spacial score (nSPS) is 13.3. The lowest BCUT2D eigenvalue weighted by Crippen LogP contribution is -1.98. The van der Waals surface area contributed by atoms with Gasteiger partial charge in [-0.25, -0.2) is 0 Å². The molecule has 0 amide bonds. The van der Waals surface area contributed by atoms with Crippen LogP contribution in [0.3, 0.4) is 0 Å². The van der Waals surface area contributed by atoms with Gasteiger partial charge in [-0.2, -0.15) is 0 Å². The Hall–Kier alpha value is -1.55. The van der Waals surface area contributed by atoms with Crippen molar-refractivity contribution in [3.8, 4) is 5.75 Å². The number of phenolic OH excluding ortho intramolecular Hbond substituents is 1. The van der Waals surface area contributed by atoms with Gasteiger partial charge in [0.1, 0.15) is 5.75 Å². The van der Waals surface area contributed by atoms with Gasteiger partial charge in [0.2, 0.25) is 0 Å². The predicted octanol–water partition coefficient (Wildman–Crippen LogP) is 5.19.